The van der Waals surface area contributed by atoms with E-state index in [0.717, 1.165) is 11.1 Å². The lowest BCUT2D eigenvalue weighted by Crippen LogP contribution is -2.54. The van der Waals surface area contributed by atoms with Gasteiger partial charge in [-0.3, -0.25) is 4.79 Å². The first-order valence-electron chi connectivity index (χ1n) is 12.6. The Kier molecular flexibility index (Phi) is 8.00. The Morgan fingerprint density at radius 1 is 0.973 bits per heavy atom. The molecule has 0 radical (unpaired) electrons. The van der Waals surface area contributed by atoms with Gasteiger partial charge in [-0.2, -0.15) is 0 Å². The van der Waals surface area contributed by atoms with Gasteiger partial charge in [0.25, 0.3) is 0 Å². The van der Waals surface area contributed by atoms with Gasteiger partial charge in [-0.25, -0.2) is 14.0 Å². The molecule has 1 N–H and O–H groups in total. The van der Waals surface area contributed by atoms with Crippen molar-refractivity contribution in [1.29, 1.82) is 0 Å². The Morgan fingerprint density at radius 3 is 2.27 bits per heavy atom. The van der Waals surface area contributed by atoms with Crippen molar-refractivity contribution in [3.05, 3.63) is 65.5 Å². The van der Waals surface area contributed by atoms with Crippen LogP contribution in [0.4, 0.5) is 19.7 Å². The lowest BCUT2D eigenvalue weighted by Gasteiger charge is -2.37. The van der Waals surface area contributed by atoms with Crippen LogP contribution >= 0.6 is 0 Å². The summed E-state index contributed by atoms with van der Waals surface area (Å²) in [5.74, 6) is -1.12. The number of anilines is 1. The Labute approximate surface area is 216 Å². The van der Waals surface area contributed by atoms with E-state index in [1.807, 2.05) is 57.2 Å². The number of nitrogens with zero attached hydrogens (tertiary/aromatic N) is 2. The first kappa shape index (κ1) is 26.4. The molecule has 9 heteroatoms. The standard InChI is InChI=1S/C28H34FN3O5/c1-28(2,3)37-27(35)31-13-11-20(12-14-31)21-9-10-24(23(29)15-21)30-25(33)22-16-32(17-22)26(34)36-18-19-7-5-4-6-8-19/h4-10,15,20,22H,11-14,16-18H2,1-3H3,(H,30,33). The zero-order chi connectivity index (χ0) is 26.6. The van der Waals surface area contributed by atoms with E-state index in [4.69, 9.17) is 9.47 Å². The average Bonchev–Trinajstić information content (AvgIpc) is 2.83. The number of amides is 3. The van der Waals surface area contributed by atoms with Gasteiger partial charge >= 0.3 is 12.2 Å². The number of rotatable bonds is 5. The third-order valence-electron chi connectivity index (χ3n) is 6.58. The monoisotopic (exact) mass is 511 g/mol. The molecule has 2 aromatic carbocycles. The van der Waals surface area contributed by atoms with Crippen LogP contribution in [0.2, 0.25) is 0 Å². The minimum Gasteiger partial charge on any atom is -0.445 e. The number of halogens is 1. The summed E-state index contributed by atoms with van der Waals surface area (Å²) in [5, 5.41) is 2.64. The first-order valence-corrected chi connectivity index (χ1v) is 12.6. The molecule has 37 heavy (non-hydrogen) atoms. The first-order chi connectivity index (χ1) is 17.6. The number of hydrogen-bond donors (Lipinski definition) is 1. The molecular formula is C28H34FN3O5. The SMILES string of the molecule is CC(C)(C)OC(=O)N1CCC(c2ccc(NC(=O)C3CN(C(=O)OCc4ccccc4)C3)c(F)c2)CC1. The molecule has 2 heterocycles. The molecule has 2 aromatic rings. The summed E-state index contributed by atoms with van der Waals surface area (Å²) < 4.78 is 25.5. The maximum Gasteiger partial charge on any atom is 0.410 e. The zero-order valence-corrected chi connectivity index (χ0v) is 21.5. The Bertz CT molecular complexity index is 1120. The maximum atomic E-state index is 14.8. The van der Waals surface area contributed by atoms with Crippen molar-refractivity contribution in [2.75, 3.05) is 31.5 Å². The summed E-state index contributed by atoms with van der Waals surface area (Å²) in [6.45, 7) is 7.24. The van der Waals surface area contributed by atoms with E-state index in [-0.39, 0.29) is 43.3 Å². The summed E-state index contributed by atoms with van der Waals surface area (Å²) in [6, 6.07) is 14.2. The fourth-order valence-corrected chi connectivity index (χ4v) is 4.45. The molecule has 8 nitrogen and oxygen atoms in total. The molecule has 0 unspecified atom stereocenters. The smallest absolute Gasteiger partial charge is 0.410 e. The Morgan fingerprint density at radius 2 is 1.65 bits per heavy atom. The molecule has 3 amide bonds. The highest BCUT2D eigenvalue weighted by Crippen LogP contribution is 2.31. The highest BCUT2D eigenvalue weighted by Gasteiger charge is 2.37. The van der Waals surface area contributed by atoms with Crippen LogP contribution in [0, 0.1) is 11.7 Å². The molecule has 0 atom stereocenters. The summed E-state index contributed by atoms with van der Waals surface area (Å²) in [7, 11) is 0. The van der Waals surface area contributed by atoms with E-state index in [1.54, 1.807) is 11.0 Å². The summed E-state index contributed by atoms with van der Waals surface area (Å²) in [5.41, 5.74) is 1.30. The van der Waals surface area contributed by atoms with Crippen LogP contribution in [0.3, 0.4) is 0 Å². The van der Waals surface area contributed by atoms with Crippen LogP contribution in [0.5, 0.6) is 0 Å². The molecule has 0 saturated carbocycles. The van der Waals surface area contributed by atoms with Crippen LogP contribution in [0.1, 0.15) is 50.7 Å². The van der Waals surface area contributed by atoms with Gasteiger partial charge < -0.3 is 24.6 Å². The second-order valence-corrected chi connectivity index (χ2v) is 10.6. The lowest BCUT2D eigenvalue weighted by molar-refractivity contribution is -0.124. The minimum atomic E-state index is -0.541. The molecule has 0 bridgehead atoms. The van der Waals surface area contributed by atoms with Gasteiger partial charge in [0.1, 0.15) is 18.0 Å². The van der Waals surface area contributed by atoms with Crippen LogP contribution in [0.25, 0.3) is 0 Å². The predicted octanol–water partition coefficient (Wildman–Crippen LogP) is 5.15. The largest absolute Gasteiger partial charge is 0.445 e. The fourth-order valence-electron chi connectivity index (χ4n) is 4.45. The molecule has 0 aromatic heterocycles. The second kappa shape index (κ2) is 11.2. The van der Waals surface area contributed by atoms with Gasteiger partial charge in [-0.1, -0.05) is 36.4 Å². The second-order valence-electron chi connectivity index (χ2n) is 10.6. The van der Waals surface area contributed by atoms with Gasteiger partial charge in [0.15, 0.2) is 0 Å². The third kappa shape index (κ3) is 6.99. The third-order valence-corrected chi connectivity index (χ3v) is 6.58. The van der Waals surface area contributed by atoms with Gasteiger partial charge in [0.2, 0.25) is 5.91 Å². The quantitative estimate of drug-likeness (QED) is 0.600. The highest BCUT2D eigenvalue weighted by atomic mass is 19.1. The highest BCUT2D eigenvalue weighted by molar-refractivity contribution is 5.94. The number of benzene rings is 2. The number of hydrogen-bond acceptors (Lipinski definition) is 5. The molecule has 2 fully saturated rings. The summed E-state index contributed by atoms with van der Waals surface area (Å²) >= 11 is 0. The van der Waals surface area contributed by atoms with E-state index in [2.05, 4.69) is 5.32 Å². The number of carbonyl (C=O) groups excluding carboxylic acids is 3. The summed E-state index contributed by atoms with van der Waals surface area (Å²) in [6.07, 6.45) is 0.626. The average molecular weight is 512 g/mol. The molecule has 198 valence electrons. The Hall–Kier alpha value is -3.62. The zero-order valence-electron chi connectivity index (χ0n) is 21.5. The van der Waals surface area contributed by atoms with Gasteiger partial charge in [-0.05, 0) is 62.8 Å². The van der Waals surface area contributed by atoms with Crippen molar-refractivity contribution < 1.29 is 28.2 Å². The van der Waals surface area contributed by atoms with Crippen LogP contribution < -0.4 is 5.32 Å². The van der Waals surface area contributed by atoms with Gasteiger partial charge in [0, 0.05) is 26.2 Å². The lowest BCUT2D eigenvalue weighted by atomic mass is 9.89. The molecule has 0 aliphatic carbocycles. The molecule has 2 aliphatic heterocycles. The molecule has 2 saturated heterocycles. The normalized spacial score (nSPS) is 16.6. The van der Waals surface area contributed by atoms with Crippen molar-refractivity contribution in [3.63, 3.8) is 0 Å². The molecular weight excluding hydrogens is 477 g/mol. The topological polar surface area (TPSA) is 88.2 Å². The van der Waals surface area contributed by atoms with E-state index in [1.165, 1.54) is 11.0 Å². The van der Waals surface area contributed by atoms with E-state index in [0.29, 0.717) is 25.9 Å². The fraction of sp³-hybridized carbons (Fsp3) is 0.464. The van der Waals surface area contributed by atoms with Crippen molar-refractivity contribution in [3.8, 4) is 0 Å². The number of carbonyl (C=O) groups is 3. The van der Waals surface area contributed by atoms with Crippen LogP contribution in [-0.2, 0) is 20.9 Å². The van der Waals surface area contributed by atoms with Crippen molar-refractivity contribution >= 4 is 23.8 Å². The predicted molar refractivity (Wildman–Crippen MR) is 137 cm³/mol. The van der Waals surface area contributed by atoms with Gasteiger partial charge in [-0.15, -0.1) is 0 Å². The van der Waals surface area contributed by atoms with E-state index >= 15 is 0 Å². The number of piperidine rings is 1. The van der Waals surface area contributed by atoms with Crippen LogP contribution in [0.15, 0.2) is 48.5 Å². The van der Waals surface area contributed by atoms with E-state index in [9.17, 15) is 18.8 Å². The number of likely N-dealkylation sites (tertiary alicyclic amines) is 2. The van der Waals surface area contributed by atoms with Crippen molar-refractivity contribution in [2.24, 2.45) is 5.92 Å². The van der Waals surface area contributed by atoms with E-state index < -0.39 is 23.4 Å². The Balaban J connectivity index is 1.22. The number of nitrogens with one attached hydrogen (secondary N) is 1. The van der Waals surface area contributed by atoms with Crippen LogP contribution in [-0.4, -0.2) is 59.7 Å². The molecule has 2 aliphatic rings. The molecule has 0 spiro atoms. The van der Waals surface area contributed by atoms with Gasteiger partial charge in [0.05, 0.1) is 11.6 Å². The number of ether oxygens (including phenoxy) is 2. The molecule has 4 rings (SSSR count). The van der Waals surface area contributed by atoms with Crippen molar-refractivity contribution in [1.82, 2.24) is 9.80 Å². The van der Waals surface area contributed by atoms with Crippen molar-refractivity contribution in [2.45, 2.75) is 51.7 Å². The maximum absolute atomic E-state index is 14.8. The minimum absolute atomic E-state index is 0.116. The summed E-state index contributed by atoms with van der Waals surface area (Å²) in [4.78, 5) is 40.2.